The van der Waals surface area contributed by atoms with Crippen molar-refractivity contribution >= 4 is 34.7 Å². The predicted molar refractivity (Wildman–Crippen MR) is 132 cm³/mol. The SMILES string of the molecule is O=C(NCC(=O)N(c1ccccc1)[C@@H](C(=O)NC[C@H]1CCCO1)c1ccccc1)c1cccs1. The standard InChI is InChI=1S/C26H27N3O4S/c30-23(18-28-25(31)22-14-8-16-34-22)29(20-11-5-2-6-12-20)24(19-9-3-1-4-10-19)26(32)27-17-21-13-7-15-33-21/h1-6,8-12,14,16,21,24H,7,13,15,17-18H2,(H,27,32)(H,28,31)/t21-,24-/m1/s1. The van der Waals surface area contributed by atoms with E-state index in [0.29, 0.717) is 29.3 Å². The molecule has 0 bridgehead atoms. The van der Waals surface area contributed by atoms with Gasteiger partial charge in [-0.25, -0.2) is 0 Å². The third-order valence-corrected chi connectivity index (χ3v) is 6.47. The van der Waals surface area contributed by atoms with Gasteiger partial charge in [0.1, 0.15) is 6.04 Å². The number of carbonyl (C=O) groups excluding carboxylic acids is 3. The fraction of sp³-hybridized carbons (Fsp3) is 0.269. The van der Waals surface area contributed by atoms with Gasteiger partial charge >= 0.3 is 0 Å². The van der Waals surface area contributed by atoms with E-state index in [9.17, 15) is 14.4 Å². The number of para-hydroxylation sites is 1. The van der Waals surface area contributed by atoms with E-state index in [-0.39, 0.29) is 24.5 Å². The molecule has 1 fully saturated rings. The third kappa shape index (κ3) is 5.89. The number of nitrogens with zero attached hydrogens (tertiary/aromatic N) is 1. The molecule has 2 atom stereocenters. The number of nitrogens with one attached hydrogen (secondary N) is 2. The molecule has 0 aliphatic carbocycles. The molecule has 0 unspecified atom stereocenters. The molecule has 176 valence electrons. The Bertz CT molecular complexity index is 1080. The Morgan fingerprint density at radius 2 is 1.71 bits per heavy atom. The molecule has 2 N–H and O–H groups in total. The van der Waals surface area contributed by atoms with Crippen LogP contribution in [0.2, 0.25) is 0 Å². The lowest BCUT2D eigenvalue weighted by Crippen LogP contribution is -2.48. The van der Waals surface area contributed by atoms with Gasteiger partial charge < -0.3 is 15.4 Å². The smallest absolute Gasteiger partial charge is 0.261 e. The van der Waals surface area contributed by atoms with E-state index in [2.05, 4.69) is 10.6 Å². The molecule has 0 radical (unpaired) electrons. The molecular formula is C26H27N3O4S. The van der Waals surface area contributed by atoms with Crippen LogP contribution in [0.1, 0.15) is 34.1 Å². The zero-order chi connectivity index (χ0) is 23.8. The highest BCUT2D eigenvalue weighted by Crippen LogP contribution is 2.28. The highest BCUT2D eigenvalue weighted by molar-refractivity contribution is 7.12. The molecule has 8 heteroatoms. The molecule has 34 heavy (non-hydrogen) atoms. The van der Waals surface area contributed by atoms with Gasteiger partial charge in [-0.3, -0.25) is 19.3 Å². The summed E-state index contributed by atoms with van der Waals surface area (Å²) in [6.45, 7) is 0.837. The predicted octanol–water partition coefficient (Wildman–Crippen LogP) is 3.55. The van der Waals surface area contributed by atoms with Gasteiger partial charge in [0.2, 0.25) is 11.8 Å². The zero-order valence-electron chi connectivity index (χ0n) is 18.7. The summed E-state index contributed by atoms with van der Waals surface area (Å²) < 4.78 is 5.64. The second kappa shape index (κ2) is 11.6. The van der Waals surface area contributed by atoms with Gasteiger partial charge in [-0.1, -0.05) is 54.6 Å². The highest BCUT2D eigenvalue weighted by atomic mass is 32.1. The summed E-state index contributed by atoms with van der Waals surface area (Å²) in [6.07, 6.45) is 1.85. The molecule has 1 aliphatic rings. The van der Waals surface area contributed by atoms with E-state index >= 15 is 0 Å². The minimum Gasteiger partial charge on any atom is -0.376 e. The Labute approximate surface area is 202 Å². The van der Waals surface area contributed by atoms with E-state index in [1.165, 1.54) is 16.2 Å². The summed E-state index contributed by atoms with van der Waals surface area (Å²) in [5.74, 6) is -1.02. The monoisotopic (exact) mass is 477 g/mol. The molecule has 1 saturated heterocycles. The van der Waals surface area contributed by atoms with Gasteiger partial charge in [0.15, 0.2) is 0 Å². The molecule has 3 amide bonds. The molecule has 1 aromatic heterocycles. The lowest BCUT2D eigenvalue weighted by Gasteiger charge is -2.32. The molecule has 1 aliphatic heterocycles. The number of hydrogen-bond donors (Lipinski definition) is 2. The summed E-state index contributed by atoms with van der Waals surface area (Å²) in [6, 6.07) is 20.8. The van der Waals surface area contributed by atoms with Crippen LogP contribution in [0.4, 0.5) is 5.69 Å². The Morgan fingerprint density at radius 1 is 0.971 bits per heavy atom. The first-order valence-corrected chi connectivity index (χ1v) is 12.1. The molecule has 3 aromatic rings. The normalized spacial score (nSPS) is 15.9. The number of thiophene rings is 1. The minimum atomic E-state index is -0.906. The van der Waals surface area contributed by atoms with Crippen molar-refractivity contribution in [2.45, 2.75) is 25.0 Å². The first kappa shape index (κ1) is 23.7. The van der Waals surface area contributed by atoms with Gasteiger partial charge in [-0.2, -0.15) is 0 Å². The Morgan fingerprint density at radius 3 is 2.35 bits per heavy atom. The van der Waals surface area contributed by atoms with Crippen molar-refractivity contribution < 1.29 is 19.1 Å². The number of hydrogen-bond acceptors (Lipinski definition) is 5. The van der Waals surface area contributed by atoms with Crippen molar-refractivity contribution in [3.8, 4) is 0 Å². The van der Waals surface area contributed by atoms with Crippen LogP contribution in [0.25, 0.3) is 0 Å². The quantitative estimate of drug-likeness (QED) is 0.493. The van der Waals surface area contributed by atoms with Crippen LogP contribution in [-0.2, 0) is 14.3 Å². The minimum absolute atomic E-state index is 0.0219. The second-order valence-electron chi connectivity index (χ2n) is 7.95. The summed E-state index contributed by atoms with van der Waals surface area (Å²) >= 11 is 1.30. The summed E-state index contributed by atoms with van der Waals surface area (Å²) in [4.78, 5) is 41.4. The van der Waals surface area contributed by atoms with E-state index < -0.39 is 11.9 Å². The number of rotatable bonds is 9. The molecule has 2 heterocycles. The third-order valence-electron chi connectivity index (χ3n) is 5.60. The van der Waals surface area contributed by atoms with Crippen molar-refractivity contribution in [2.75, 3.05) is 24.6 Å². The summed E-state index contributed by atoms with van der Waals surface area (Å²) in [5, 5.41) is 7.46. The maximum absolute atomic E-state index is 13.5. The fourth-order valence-electron chi connectivity index (χ4n) is 3.93. The number of carbonyl (C=O) groups is 3. The molecule has 4 rings (SSSR count). The van der Waals surface area contributed by atoms with Crippen LogP contribution in [0.5, 0.6) is 0 Å². The largest absolute Gasteiger partial charge is 0.376 e. The van der Waals surface area contributed by atoms with Gasteiger partial charge in [0.05, 0.1) is 17.5 Å². The first-order valence-electron chi connectivity index (χ1n) is 11.3. The van der Waals surface area contributed by atoms with Gasteiger partial charge in [-0.05, 0) is 42.0 Å². The Kier molecular flexibility index (Phi) is 8.06. The molecule has 0 saturated carbocycles. The lowest BCUT2D eigenvalue weighted by molar-refractivity contribution is -0.126. The highest BCUT2D eigenvalue weighted by Gasteiger charge is 2.33. The number of benzene rings is 2. The fourth-order valence-corrected chi connectivity index (χ4v) is 4.57. The van der Waals surface area contributed by atoms with Crippen molar-refractivity contribution in [1.29, 1.82) is 0 Å². The average molecular weight is 478 g/mol. The van der Waals surface area contributed by atoms with Crippen molar-refractivity contribution in [3.63, 3.8) is 0 Å². The van der Waals surface area contributed by atoms with Crippen LogP contribution < -0.4 is 15.5 Å². The molecule has 2 aromatic carbocycles. The van der Waals surface area contributed by atoms with E-state index in [4.69, 9.17) is 4.74 Å². The van der Waals surface area contributed by atoms with Gasteiger partial charge in [-0.15, -0.1) is 11.3 Å². The first-order chi connectivity index (χ1) is 16.6. The Balaban J connectivity index is 1.60. The zero-order valence-corrected chi connectivity index (χ0v) is 19.5. The van der Waals surface area contributed by atoms with Crippen LogP contribution in [-0.4, -0.2) is 43.5 Å². The van der Waals surface area contributed by atoms with E-state index in [1.54, 1.807) is 29.6 Å². The number of anilines is 1. The van der Waals surface area contributed by atoms with Crippen molar-refractivity contribution in [1.82, 2.24) is 10.6 Å². The second-order valence-corrected chi connectivity index (χ2v) is 8.90. The molecule has 0 spiro atoms. The summed E-state index contributed by atoms with van der Waals surface area (Å²) in [7, 11) is 0. The van der Waals surface area contributed by atoms with Crippen LogP contribution in [0.3, 0.4) is 0 Å². The number of amides is 3. The lowest BCUT2D eigenvalue weighted by atomic mass is 10.0. The number of ether oxygens (including phenoxy) is 1. The molecular weight excluding hydrogens is 450 g/mol. The maximum atomic E-state index is 13.5. The van der Waals surface area contributed by atoms with E-state index in [0.717, 1.165) is 12.8 Å². The van der Waals surface area contributed by atoms with E-state index in [1.807, 2.05) is 48.5 Å². The van der Waals surface area contributed by atoms with Crippen molar-refractivity contribution in [3.05, 3.63) is 88.6 Å². The topological polar surface area (TPSA) is 87.7 Å². The van der Waals surface area contributed by atoms with Crippen LogP contribution in [0.15, 0.2) is 78.2 Å². The average Bonchev–Trinajstić information content (AvgIpc) is 3.60. The van der Waals surface area contributed by atoms with Crippen molar-refractivity contribution in [2.24, 2.45) is 0 Å². The maximum Gasteiger partial charge on any atom is 0.261 e. The van der Waals surface area contributed by atoms with Crippen LogP contribution in [0, 0.1) is 0 Å². The van der Waals surface area contributed by atoms with Crippen LogP contribution >= 0.6 is 11.3 Å². The van der Waals surface area contributed by atoms with Gasteiger partial charge in [0.25, 0.3) is 5.91 Å². The molecule has 7 nitrogen and oxygen atoms in total. The Hall–Kier alpha value is -3.49. The summed E-state index contributed by atoms with van der Waals surface area (Å²) in [5.41, 5.74) is 1.24. The van der Waals surface area contributed by atoms with Gasteiger partial charge in [0, 0.05) is 18.8 Å².